The standard InChI is InChI=1S/C15H24N2O2/c1-12(2)11-19-8-7-17-15(18)9-13-3-5-14(10-16)6-4-13/h3-6,12H,7-11,16H2,1-2H3,(H,17,18). The van der Waals surface area contributed by atoms with Crippen molar-refractivity contribution in [2.24, 2.45) is 11.7 Å². The van der Waals surface area contributed by atoms with Crippen LogP contribution in [0.1, 0.15) is 25.0 Å². The summed E-state index contributed by atoms with van der Waals surface area (Å²) in [5.41, 5.74) is 7.60. The lowest BCUT2D eigenvalue weighted by atomic mass is 10.1. The number of hydrogen-bond donors (Lipinski definition) is 2. The third kappa shape index (κ3) is 6.94. The van der Waals surface area contributed by atoms with Gasteiger partial charge in [-0.1, -0.05) is 38.1 Å². The van der Waals surface area contributed by atoms with Gasteiger partial charge < -0.3 is 15.8 Å². The van der Waals surface area contributed by atoms with Crippen LogP contribution in [0.4, 0.5) is 0 Å². The zero-order chi connectivity index (χ0) is 14.1. The van der Waals surface area contributed by atoms with Crippen molar-refractivity contribution in [2.45, 2.75) is 26.8 Å². The van der Waals surface area contributed by atoms with Gasteiger partial charge in [0.25, 0.3) is 0 Å². The molecule has 0 saturated heterocycles. The number of nitrogens with one attached hydrogen (secondary N) is 1. The van der Waals surface area contributed by atoms with E-state index in [-0.39, 0.29) is 5.91 Å². The smallest absolute Gasteiger partial charge is 0.224 e. The molecule has 4 nitrogen and oxygen atoms in total. The number of carbonyl (C=O) groups excluding carboxylic acids is 1. The Morgan fingerprint density at radius 2 is 1.89 bits per heavy atom. The maximum absolute atomic E-state index is 11.7. The lowest BCUT2D eigenvalue weighted by Gasteiger charge is -2.08. The molecule has 0 spiro atoms. The molecule has 3 N–H and O–H groups in total. The van der Waals surface area contributed by atoms with Gasteiger partial charge in [-0.3, -0.25) is 4.79 Å². The average Bonchev–Trinajstić information content (AvgIpc) is 2.39. The first-order valence-corrected chi connectivity index (χ1v) is 6.74. The number of nitrogens with two attached hydrogens (primary N) is 1. The molecule has 1 amide bonds. The number of benzene rings is 1. The number of hydrogen-bond acceptors (Lipinski definition) is 3. The molecular weight excluding hydrogens is 240 g/mol. The van der Waals surface area contributed by atoms with Crippen molar-refractivity contribution >= 4 is 5.91 Å². The lowest BCUT2D eigenvalue weighted by molar-refractivity contribution is -0.120. The van der Waals surface area contributed by atoms with Crippen molar-refractivity contribution in [3.63, 3.8) is 0 Å². The first-order chi connectivity index (χ1) is 9.11. The van der Waals surface area contributed by atoms with Gasteiger partial charge in [0.15, 0.2) is 0 Å². The van der Waals surface area contributed by atoms with Gasteiger partial charge in [0.05, 0.1) is 13.0 Å². The summed E-state index contributed by atoms with van der Waals surface area (Å²) < 4.78 is 5.40. The summed E-state index contributed by atoms with van der Waals surface area (Å²) in [4.78, 5) is 11.7. The highest BCUT2D eigenvalue weighted by molar-refractivity contribution is 5.78. The fourth-order valence-electron chi connectivity index (χ4n) is 1.62. The summed E-state index contributed by atoms with van der Waals surface area (Å²) >= 11 is 0. The van der Waals surface area contributed by atoms with Gasteiger partial charge in [-0.25, -0.2) is 0 Å². The summed E-state index contributed by atoms with van der Waals surface area (Å²) in [7, 11) is 0. The molecule has 0 bridgehead atoms. The van der Waals surface area contributed by atoms with Crippen molar-refractivity contribution in [3.8, 4) is 0 Å². The van der Waals surface area contributed by atoms with Gasteiger partial charge in [-0.05, 0) is 17.0 Å². The highest BCUT2D eigenvalue weighted by Gasteiger charge is 2.03. The molecule has 0 aliphatic rings. The first kappa shape index (κ1) is 15.7. The second-order valence-corrected chi connectivity index (χ2v) is 5.02. The summed E-state index contributed by atoms with van der Waals surface area (Å²) in [6.45, 7) is 6.59. The molecule has 0 heterocycles. The maximum atomic E-state index is 11.7. The van der Waals surface area contributed by atoms with Crippen LogP contribution in [-0.2, 0) is 22.5 Å². The largest absolute Gasteiger partial charge is 0.379 e. The van der Waals surface area contributed by atoms with E-state index in [1.807, 2.05) is 24.3 Å². The highest BCUT2D eigenvalue weighted by Crippen LogP contribution is 2.04. The Balaban J connectivity index is 2.19. The minimum absolute atomic E-state index is 0.0219. The van der Waals surface area contributed by atoms with Crippen molar-refractivity contribution in [1.82, 2.24) is 5.32 Å². The van der Waals surface area contributed by atoms with E-state index in [0.717, 1.165) is 17.7 Å². The Bertz CT molecular complexity index is 374. The molecule has 19 heavy (non-hydrogen) atoms. The molecule has 0 fully saturated rings. The van der Waals surface area contributed by atoms with Crippen LogP contribution in [0.15, 0.2) is 24.3 Å². The van der Waals surface area contributed by atoms with Gasteiger partial charge in [-0.15, -0.1) is 0 Å². The van der Waals surface area contributed by atoms with Crippen LogP contribution in [0.2, 0.25) is 0 Å². The topological polar surface area (TPSA) is 64.3 Å². The van der Waals surface area contributed by atoms with Crippen LogP contribution in [-0.4, -0.2) is 25.7 Å². The monoisotopic (exact) mass is 264 g/mol. The highest BCUT2D eigenvalue weighted by atomic mass is 16.5. The Hall–Kier alpha value is -1.39. The molecule has 1 aromatic rings. The zero-order valence-electron chi connectivity index (χ0n) is 11.8. The fraction of sp³-hybridized carbons (Fsp3) is 0.533. The van der Waals surface area contributed by atoms with Crippen molar-refractivity contribution in [2.75, 3.05) is 19.8 Å². The van der Waals surface area contributed by atoms with Crippen LogP contribution >= 0.6 is 0 Å². The van der Waals surface area contributed by atoms with Crippen molar-refractivity contribution < 1.29 is 9.53 Å². The zero-order valence-corrected chi connectivity index (χ0v) is 11.8. The van der Waals surface area contributed by atoms with Gasteiger partial charge in [0.2, 0.25) is 5.91 Å². The van der Waals surface area contributed by atoms with Crippen LogP contribution in [0, 0.1) is 5.92 Å². The lowest BCUT2D eigenvalue weighted by Crippen LogP contribution is -2.29. The van der Waals surface area contributed by atoms with E-state index in [1.165, 1.54) is 0 Å². The molecule has 1 aromatic carbocycles. The Labute approximate surface area is 115 Å². The van der Waals surface area contributed by atoms with E-state index in [1.54, 1.807) is 0 Å². The van der Waals surface area contributed by atoms with E-state index in [9.17, 15) is 4.79 Å². The average molecular weight is 264 g/mol. The molecule has 0 aliphatic heterocycles. The number of ether oxygens (including phenoxy) is 1. The van der Waals surface area contributed by atoms with Crippen LogP contribution in [0.3, 0.4) is 0 Å². The molecule has 0 atom stereocenters. The first-order valence-electron chi connectivity index (χ1n) is 6.74. The fourth-order valence-corrected chi connectivity index (χ4v) is 1.62. The predicted molar refractivity (Wildman–Crippen MR) is 76.7 cm³/mol. The van der Waals surface area contributed by atoms with Gasteiger partial charge in [0, 0.05) is 19.7 Å². The number of carbonyl (C=O) groups is 1. The molecule has 0 unspecified atom stereocenters. The molecular formula is C15H24N2O2. The third-order valence-corrected chi connectivity index (χ3v) is 2.64. The summed E-state index contributed by atoms with van der Waals surface area (Å²) in [6, 6.07) is 7.79. The summed E-state index contributed by atoms with van der Waals surface area (Å²) in [5, 5.41) is 2.84. The van der Waals surface area contributed by atoms with Gasteiger partial charge in [-0.2, -0.15) is 0 Å². The summed E-state index contributed by atoms with van der Waals surface area (Å²) in [6.07, 6.45) is 0.398. The minimum atomic E-state index is 0.0219. The molecule has 0 aliphatic carbocycles. The van der Waals surface area contributed by atoms with Crippen LogP contribution in [0.25, 0.3) is 0 Å². The van der Waals surface area contributed by atoms with Crippen LogP contribution < -0.4 is 11.1 Å². The second kappa shape index (κ2) is 8.67. The second-order valence-electron chi connectivity index (χ2n) is 5.02. The molecule has 106 valence electrons. The predicted octanol–water partition coefficient (Wildman–Crippen LogP) is 1.48. The van der Waals surface area contributed by atoms with Gasteiger partial charge >= 0.3 is 0 Å². The third-order valence-electron chi connectivity index (χ3n) is 2.64. The SMILES string of the molecule is CC(C)COCCNC(=O)Cc1ccc(CN)cc1. The Morgan fingerprint density at radius 3 is 2.47 bits per heavy atom. The minimum Gasteiger partial charge on any atom is -0.379 e. The Morgan fingerprint density at radius 1 is 1.26 bits per heavy atom. The Kier molecular flexibility index (Phi) is 7.15. The van der Waals surface area contributed by atoms with Crippen LogP contribution in [0.5, 0.6) is 0 Å². The van der Waals surface area contributed by atoms with E-state index < -0.39 is 0 Å². The molecule has 0 aromatic heterocycles. The summed E-state index contributed by atoms with van der Waals surface area (Å²) in [5.74, 6) is 0.547. The van der Waals surface area contributed by atoms with Crippen molar-refractivity contribution in [3.05, 3.63) is 35.4 Å². The number of rotatable bonds is 8. The normalized spacial score (nSPS) is 10.7. The molecule has 0 radical (unpaired) electrons. The van der Waals surface area contributed by atoms with Crippen molar-refractivity contribution in [1.29, 1.82) is 0 Å². The van der Waals surface area contributed by atoms with E-state index in [4.69, 9.17) is 10.5 Å². The quantitative estimate of drug-likeness (QED) is 0.699. The van der Waals surface area contributed by atoms with E-state index in [2.05, 4.69) is 19.2 Å². The molecule has 0 saturated carbocycles. The van der Waals surface area contributed by atoms with Gasteiger partial charge in [0.1, 0.15) is 0 Å². The number of amides is 1. The van der Waals surface area contributed by atoms with E-state index >= 15 is 0 Å². The molecule has 1 rings (SSSR count). The molecule has 4 heteroatoms. The maximum Gasteiger partial charge on any atom is 0.224 e. The van der Waals surface area contributed by atoms with E-state index in [0.29, 0.717) is 32.0 Å².